The number of alkyl halides is 1. The van der Waals surface area contributed by atoms with Gasteiger partial charge in [-0.25, -0.2) is 0 Å². The van der Waals surface area contributed by atoms with E-state index in [0.29, 0.717) is 10.9 Å². The third kappa shape index (κ3) is 2.99. The summed E-state index contributed by atoms with van der Waals surface area (Å²) in [4.78, 5) is 0.621. The second-order valence-electron chi connectivity index (χ2n) is 3.51. The van der Waals surface area contributed by atoms with Crippen LogP contribution in [0.5, 0.6) is 5.75 Å². The molecule has 1 aliphatic rings. The molecule has 0 aliphatic heterocycles. The molecule has 1 aromatic carbocycles. The fourth-order valence-corrected chi connectivity index (χ4v) is 4.69. The number of ether oxygens (including phenoxy) is 1. The van der Waals surface area contributed by atoms with Crippen LogP contribution in [-0.2, 0) is 0 Å². The SMILES string of the molecule is Brc1cc(Br)c(OC2CC(Br)C2)c(Br)c1. The Morgan fingerprint density at radius 3 is 2.07 bits per heavy atom. The summed E-state index contributed by atoms with van der Waals surface area (Å²) in [7, 11) is 0. The van der Waals surface area contributed by atoms with Gasteiger partial charge in [-0.15, -0.1) is 0 Å². The normalized spacial score (nSPS) is 24.8. The first-order chi connectivity index (χ1) is 7.06. The third-order valence-corrected chi connectivity index (χ3v) is 4.67. The lowest BCUT2D eigenvalue weighted by molar-refractivity contribution is 0.126. The maximum absolute atomic E-state index is 5.89. The molecular formula is C10H8Br4O. The van der Waals surface area contributed by atoms with E-state index in [1.54, 1.807) is 0 Å². The molecule has 0 spiro atoms. The molecule has 1 fully saturated rings. The first-order valence-electron chi connectivity index (χ1n) is 4.51. The molecule has 0 saturated heterocycles. The zero-order valence-electron chi connectivity index (χ0n) is 7.64. The molecule has 1 nitrogen and oxygen atoms in total. The minimum atomic E-state index is 0.336. The van der Waals surface area contributed by atoms with Gasteiger partial charge >= 0.3 is 0 Å². The molecule has 0 unspecified atom stereocenters. The number of hydrogen-bond donors (Lipinski definition) is 0. The number of rotatable bonds is 2. The maximum atomic E-state index is 5.89. The van der Waals surface area contributed by atoms with Crippen molar-refractivity contribution >= 4 is 63.7 Å². The van der Waals surface area contributed by atoms with Crippen molar-refractivity contribution in [1.29, 1.82) is 0 Å². The van der Waals surface area contributed by atoms with Gasteiger partial charge in [0.1, 0.15) is 11.9 Å². The van der Waals surface area contributed by atoms with Crippen LogP contribution in [-0.4, -0.2) is 10.9 Å². The zero-order valence-corrected chi connectivity index (χ0v) is 14.0. The van der Waals surface area contributed by atoms with Gasteiger partial charge in [0.05, 0.1) is 8.95 Å². The summed E-state index contributed by atoms with van der Waals surface area (Å²) in [5, 5.41) is 0. The molecule has 1 aliphatic carbocycles. The van der Waals surface area contributed by atoms with Gasteiger partial charge in [0.25, 0.3) is 0 Å². The van der Waals surface area contributed by atoms with E-state index in [2.05, 4.69) is 63.7 Å². The van der Waals surface area contributed by atoms with Crippen LogP contribution in [0.4, 0.5) is 0 Å². The Morgan fingerprint density at radius 1 is 1.07 bits per heavy atom. The Balaban J connectivity index is 2.14. The first kappa shape index (κ1) is 12.4. The maximum Gasteiger partial charge on any atom is 0.148 e. The van der Waals surface area contributed by atoms with Crippen molar-refractivity contribution in [3.63, 3.8) is 0 Å². The Labute approximate surface area is 122 Å². The molecule has 1 aromatic rings. The smallest absolute Gasteiger partial charge is 0.148 e. The highest BCUT2D eigenvalue weighted by atomic mass is 79.9. The van der Waals surface area contributed by atoms with Gasteiger partial charge in [-0.2, -0.15) is 0 Å². The molecule has 0 aromatic heterocycles. The molecule has 0 heterocycles. The van der Waals surface area contributed by atoms with Gasteiger partial charge in [-0.3, -0.25) is 0 Å². The molecule has 5 heteroatoms. The van der Waals surface area contributed by atoms with Gasteiger partial charge in [0, 0.05) is 9.30 Å². The molecule has 0 bridgehead atoms. The minimum absolute atomic E-state index is 0.336. The standard InChI is InChI=1S/C10H8Br4O/c11-5-1-7(2-5)15-10-8(13)3-6(12)4-9(10)14/h3-5,7H,1-2H2. The van der Waals surface area contributed by atoms with E-state index in [1.165, 1.54) is 0 Å². The number of benzene rings is 1. The van der Waals surface area contributed by atoms with Crippen molar-refractivity contribution in [3.05, 3.63) is 25.6 Å². The summed E-state index contributed by atoms with van der Waals surface area (Å²) in [5.74, 6) is 0.891. The van der Waals surface area contributed by atoms with Crippen LogP contribution in [0.1, 0.15) is 12.8 Å². The minimum Gasteiger partial charge on any atom is -0.488 e. The first-order valence-corrected chi connectivity index (χ1v) is 7.81. The number of halogens is 4. The molecule has 15 heavy (non-hydrogen) atoms. The predicted octanol–water partition coefficient (Wildman–Crippen LogP) is 5.28. The Kier molecular flexibility index (Phi) is 4.19. The quantitative estimate of drug-likeness (QED) is 0.542. The molecule has 0 radical (unpaired) electrons. The summed E-state index contributed by atoms with van der Waals surface area (Å²) in [6.45, 7) is 0. The highest BCUT2D eigenvalue weighted by Gasteiger charge is 2.29. The topological polar surface area (TPSA) is 9.23 Å². The summed E-state index contributed by atoms with van der Waals surface area (Å²) in [5.41, 5.74) is 0. The van der Waals surface area contributed by atoms with Gasteiger partial charge in [0.2, 0.25) is 0 Å². The Morgan fingerprint density at radius 2 is 1.60 bits per heavy atom. The highest BCUT2D eigenvalue weighted by Crippen LogP contribution is 2.40. The summed E-state index contributed by atoms with van der Waals surface area (Å²) < 4.78 is 8.87. The van der Waals surface area contributed by atoms with E-state index in [9.17, 15) is 0 Å². The zero-order chi connectivity index (χ0) is 11.0. The van der Waals surface area contributed by atoms with E-state index in [1.807, 2.05) is 12.1 Å². The lowest BCUT2D eigenvalue weighted by atomic mass is 9.96. The molecule has 0 N–H and O–H groups in total. The molecular weight excluding hydrogens is 456 g/mol. The summed E-state index contributed by atoms with van der Waals surface area (Å²) in [6, 6.07) is 3.98. The van der Waals surface area contributed by atoms with E-state index in [0.717, 1.165) is 32.0 Å². The van der Waals surface area contributed by atoms with Crippen molar-refractivity contribution in [2.24, 2.45) is 0 Å². The van der Waals surface area contributed by atoms with Crippen LogP contribution in [0.2, 0.25) is 0 Å². The van der Waals surface area contributed by atoms with Gasteiger partial charge in [0.15, 0.2) is 0 Å². The average Bonchev–Trinajstić information content (AvgIpc) is 2.07. The van der Waals surface area contributed by atoms with Crippen LogP contribution in [0.15, 0.2) is 25.6 Å². The van der Waals surface area contributed by atoms with Crippen LogP contribution < -0.4 is 4.74 Å². The van der Waals surface area contributed by atoms with E-state index in [4.69, 9.17) is 4.74 Å². The summed E-state index contributed by atoms with van der Waals surface area (Å²) >= 11 is 14.0. The summed E-state index contributed by atoms with van der Waals surface area (Å²) in [6.07, 6.45) is 2.49. The van der Waals surface area contributed by atoms with Crippen molar-refractivity contribution in [2.75, 3.05) is 0 Å². The van der Waals surface area contributed by atoms with Crippen LogP contribution >= 0.6 is 63.7 Å². The van der Waals surface area contributed by atoms with Crippen molar-refractivity contribution in [3.8, 4) is 5.75 Å². The lowest BCUT2D eigenvalue weighted by Crippen LogP contribution is -2.34. The van der Waals surface area contributed by atoms with E-state index < -0.39 is 0 Å². The number of hydrogen-bond acceptors (Lipinski definition) is 1. The molecule has 0 atom stereocenters. The third-order valence-electron chi connectivity index (χ3n) is 2.28. The van der Waals surface area contributed by atoms with E-state index >= 15 is 0 Å². The second kappa shape index (κ2) is 5.07. The second-order valence-corrected chi connectivity index (χ2v) is 7.43. The van der Waals surface area contributed by atoms with Crippen molar-refractivity contribution in [2.45, 2.75) is 23.8 Å². The Hall–Kier alpha value is 0.940. The monoisotopic (exact) mass is 460 g/mol. The van der Waals surface area contributed by atoms with Crippen LogP contribution in [0.25, 0.3) is 0 Å². The molecule has 82 valence electrons. The lowest BCUT2D eigenvalue weighted by Gasteiger charge is -2.32. The molecule has 0 amide bonds. The van der Waals surface area contributed by atoms with E-state index in [-0.39, 0.29) is 0 Å². The van der Waals surface area contributed by atoms with Crippen LogP contribution in [0, 0.1) is 0 Å². The highest BCUT2D eigenvalue weighted by molar-refractivity contribution is 9.11. The fraction of sp³-hybridized carbons (Fsp3) is 0.400. The predicted molar refractivity (Wildman–Crippen MR) is 75.9 cm³/mol. The van der Waals surface area contributed by atoms with Gasteiger partial charge in [-0.05, 0) is 56.8 Å². The van der Waals surface area contributed by atoms with Crippen molar-refractivity contribution < 1.29 is 4.74 Å². The molecule has 2 rings (SSSR count). The average molecular weight is 464 g/mol. The van der Waals surface area contributed by atoms with Crippen molar-refractivity contribution in [1.82, 2.24) is 0 Å². The fourth-order valence-electron chi connectivity index (χ4n) is 1.41. The Bertz CT molecular complexity index is 351. The van der Waals surface area contributed by atoms with Gasteiger partial charge < -0.3 is 4.74 Å². The van der Waals surface area contributed by atoms with Gasteiger partial charge in [-0.1, -0.05) is 31.9 Å². The van der Waals surface area contributed by atoms with Crippen LogP contribution in [0.3, 0.4) is 0 Å². The molecule has 1 saturated carbocycles. The largest absolute Gasteiger partial charge is 0.488 e.